The van der Waals surface area contributed by atoms with Crippen molar-refractivity contribution in [3.63, 3.8) is 0 Å². The van der Waals surface area contributed by atoms with Crippen LogP contribution in [-0.2, 0) is 19.0 Å². The van der Waals surface area contributed by atoms with Gasteiger partial charge >= 0.3 is 0 Å². The average molecular weight is 256 g/mol. The van der Waals surface area contributed by atoms with E-state index in [0.29, 0.717) is 0 Å². The lowest BCUT2D eigenvalue weighted by molar-refractivity contribution is -0.246. The molecule has 1 rings (SSSR count). The Kier molecular flexibility index (Phi) is 4.65. The summed E-state index contributed by atoms with van der Waals surface area (Å²) in [4.78, 5) is 0. The zero-order chi connectivity index (χ0) is 12.3. The average Bonchev–Trinajstić information content (AvgIpc) is 2.23. The maximum atomic E-state index is 11.0. The number of hydrogen-bond donors (Lipinski definition) is 3. The molecule has 0 aromatic heterocycles. The third-order valence-corrected chi connectivity index (χ3v) is 3.71. The Morgan fingerprint density at radius 3 is 2.50 bits per heavy atom. The highest BCUT2D eigenvalue weighted by molar-refractivity contribution is 7.86. The molecule has 1 saturated heterocycles. The summed E-state index contributed by atoms with van der Waals surface area (Å²) < 4.78 is 31.2. The van der Waals surface area contributed by atoms with Crippen molar-refractivity contribution in [1.82, 2.24) is 0 Å². The van der Waals surface area contributed by atoms with Gasteiger partial charge in [-0.05, 0) is 6.42 Å². The Balaban J connectivity index is 2.45. The Morgan fingerprint density at radius 2 is 2.00 bits per heavy atom. The minimum atomic E-state index is -3.57. The smallest absolute Gasteiger partial charge is 0.267 e. The van der Waals surface area contributed by atoms with E-state index in [4.69, 9.17) is 4.74 Å². The van der Waals surface area contributed by atoms with E-state index in [1.54, 1.807) is 0 Å². The molecular formula is C8H16O7S. The van der Waals surface area contributed by atoms with E-state index >= 15 is 0 Å². The molecule has 0 amide bonds. The van der Waals surface area contributed by atoms with Gasteiger partial charge in [-0.3, -0.25) is 4.18 Å². The fourth-order valence-electron chi connectivity index (χ4n) is 1.48. The second kappa shape index (κ2) is 5.39. The number of hydrogen-bond acceptors (Lipinski definition) is 7. The summed E-state index contributed by atoms with van der Waals surface area (Å²) in [5.74, 6) is -0.260. The van der Waals surface area contributed by atoms with Crippen LogP contribution in [0.1, 0.15) is 12.8 Å². The van der Waals surface area contributed by atoms with Crippen molar-refractivity contribution < 1.29 is 32.7 Å². The summed E-state index contributed by atoms with van der Waals surface area (Å²) >= 11 is 0. The number of aliphatic hydroxyl groups is 3. The minimum Gasteiger partial charge on any atom is -0.390 e. The SMILES string of the molecule is COS(=O)(=O)CC[C@@H]1C[C@@H](O)[C@@H](O)[C@H](O)O1. The van der Waals surface area contributed by atoms with Gasteiger partial charge in [0.2, 0.25) is 0 Å². The molecule has 0 radical (unpaired) electrons. The van der Waals surface area contributed by atoms with Crippen LogP contribution < -0.4 is 0 Å². The molecule has 4 atom stereocenters. The summed E-state index contributed by atoms with van der Waals surface area (Å²) in [6.45, 7) is 0. The zero-order valence-electron chi connectivity index (χ0n) is 8.81. The van der Waals surface area contributed by atoms with Crippen LogP contribution in [0.4, 0.5) is 0 Å². The fraction of sp³-hybridized carbons (Fsp3) is 1.00. The highest BCUT2D eigenvalue weighted by atomic mass is 32.2. The van der Waals surface area contributed by atoms with E-state index in [1.807, 2.05) is 0 Å². The van der Waals surface area contributed by atoms with Crippen LogP contribution in [0.5, 0.6) is 0 Å². The summed E-state index contributed by atoms with van der Waals surface area (Å²) in [6, 6.07) is 0. The second-order valence-corrected chi connectivity index (χ2v) is 5.52. The van der Waals surface area contributed by atoms with Crippen molar-refractivity contribution in [1.29, 1.82) is 0 Å². The first kappa shape index (κ1) is 13.8. The van der Waals surface area contributed by atoms with Gasteiger partial charge in [-0.2, -0.15) is 8.42 Å². The number of rotatable bonds is 4. The maximum absolute atomic E-state index is 11.0. The molecule has 0 unspecified atom stereocenters. The van der Waals surface area contributed by atoms with Gasteiger partial charge in [0.05, 0.1) is 25.1 Å². The van der Waals surface area contributed by atoms with Crippen molar-refractivity contribution in [3.05, 3.63) is 0 Å². The second-order valence-electron chi connectivity index (χ2n) is 3.66. The van der Waals surface area contributed by atoms with Crippen molar-refractivity contribution in [2.45, 2.75) is 37.4 Å². The van der Waals surface area contributed by atoms with Crippen LogP contribution in [0.25, 0.3) is 0 Å². The molecule has 0 aromatic rings. The number of ether oxygens (including phenoxy) is 1. The van der Waals surface area contributed by atoms with Gasteiger partial charge in [-0.25, -0.2) is 0 Å². The molecule has 3 N–H and O–H groups in total. The molecule has 16 heavy (non-hydrogen) atoms. The lowest BCUT2D eigenvalue weighted by Crippen LogP contribution is -2.48. The molecule has 0 saturated carbocycles. The predicted octanol–water partition coefficient (Wildman–Crippen LogP) is -1.82. The fourth-order valence-corrected chi connectivity index (χ4v) is 2.20. The molecule has 0 bridgehead atoms. The van der Waals surface area contributed by atoms with Gasteiger partial charge in [0, 0.05) is 6.42 Å². The first-order valence-corrected chi connectivity index (χ1v) is 6.41. The van der Waals surface area contributed by atoms with Gasteiger partial charge in [0.15, 0.2) is 6.29 Å². The van der Waals surface area contributed by atoms with E-state index in [-0.39, 0.29) is 18.6 Å². The molecule has 1 fully saturated rings. The topological polar surface area (TPSA) is 113 Å². The number of aliphatic hydroxyl groups excluding tert-OH is 3. The van der Waals surface area contributed by atoms with Gasteiger partial charge in [0.25, 0.3) is 10.1 Å². The molecule has 0 aliphatic carbocycles. The van der Waals surface area contributed by atoms with Gasteiger partial charge < -0.3 is 20.1 Å². The Bertz CT molecular complexity index is 302. The highest BCUT2D eigenvalue weighted by Crippen LogP contribution is 2.21. The molecule has 0 spiro atoms. The minimum absolute atomic E-state index is 0.0808. The quantitative estimate of drug-likeness (QED) is 0.508. The summed E-state index contributed by atoms with van der Waals surface area (Å²) in [6.07, 6.45) is -4.39. The van der Waals surface area contributed by atoms with Crippen LogP contribution in [0.3, 0.4) is 0 Å². The first-order valence-electron chi connectivity index (χ1n) is 4.83. The van der Waals surface area contributed by atoms with E-state index < -0.39 is 34.7 Å². The zero-order valence-corrected chi connectivity index (χ0v) is 9.63. The van der Waals surface area contributed by atoms with Crippen LogP contribution >= 0.6 is 0 Å². The molecule has 8 heteroatoms. The van der Waals surface area contributed by atoms with E-state index in [0.717, 1.165) is 7.11 Å². The van der Waals surface area contributed by atoms with Crippen LogP contribution in [0, 0.1) is 0 Å². The molecular weight excluding hydrogens is 240 g/mol. The van der Waals surface area contributed by atoms with Crippen LogP contribution in [0.15, 0.2) is 0 Å². The van der Waals surface area contributed by atoms with Crippen molar-refractivity contribution in [2.75, 3.05) is 12.9 Å². The third kappa shape index (κ3) is 3.65. The molecule has 7 nitrogen and oxygen atoms in total. The molecule has 1 heterocycles. The summed E-state index contributed by atoms with van der Waals surface area (Å²) in [7, 11) is -2.51. The molecule has 1 aliphatic heterocycles. The summed E-state index contributed by atoms with van der Waals surface area (Å²) in [5.41, 5.74) is 0. The predicted molar refractivity (Wildman–Crippen MR) is 52.9 cm³/mol. The Morgan fingerprint density at radius 1 is 1.38 bits per heavy atom. The van der Waals surface area contributed by atoms with Crippen molar-refractivity contribution >= 4 is 10.1 Å². The standard InChI is InChI=1S/C8H16O7S/c1-14-16(12,13)3-2-5-4-6(9)7(10)8(11)15-5/h5-11H,2-4H2,1H3/t5-,6-,7-,8-/m1/s1. The lowest BCUT2D eigenvalue weighted by atomic mass is 10.0. The Hall–Kier alpha value is -0.250. The van der Waals surface area contributed by atoms with E-state index in [9.17, 15) is 23.7 Å². The maximum Gasteiger partial charge on any atom is 0.267 e. The normalized spacial score (nSPS) is 36.2. The van der Waals surface area contributed by atoms with Gasteiger partial charge in [0.1, 0.15) is 6.10 Å². The van der Waals surface area contributed by atoms with E-state index in [2.05, 4.69) is 4.18 Å². The first-order chi connectivity index (χ1) is 7.35. The third-order valence-electron chi connectivity index (χ3n) is 2.47. The van der Waals surface area contributed by atoms with Crippen LogP contribution in [0.2, 0.25) is 0 Å². The highest BCUT2D eigenvalue weighted by Gasteiger charge is 2.35. The van der Waals surface area contributed by atoms with Crippen molar-refractivity contribution in [3.8, 4) is 0 Å². The van der Waals surface area contributed by atoms with Crippen LogP contribution in [-0.4, -0.2) is 61.2 Å². The monoisotopic (exact) mass is 256 g/mol. The van der Waals surface area contributed by atoms with Crippen molar-refractivity contribution in [2.24, 2.45) is 0 Å². The largest absolute Gasteiger partial charge is 0.390 e. The summed E-state index contributed by atoms with van der Waals surface area (Å²) in [5, 5.41) is 27.7. The molecule has 96 valence electrons. The van der Waals surface area contributed by atoms with Gasteiger partial charge in [-0.15, -0.1) is 0 Å². The van der Waals surface area contributed by atoms with Gasteiger partial charge in [-0.1, -0.05) is 0 Å². The van der Waals surface area contributed by atoms with E-state index in [1.165, 1.54) is 0 Å². The Labute approximate surface area is 93.7 Å². The molecule has 0 aromatic carbocycles. The molecule has 1 aliphatic rings. The lowest BCUT2D eigenvalue weighted by Gasteiger charge is -2.34.